The van der Waals surface area contributed by atoms with Crippen LogP contribution in [-0.4, -0.2) is 15.5 Å². The van der Waals surface area contributed by atoms with E-state index in [0.29, 0.717) is 11.1 Å². The molecular formula is C9H10ClFO3S. The first-order chi connectivity index (χ1) is 6.83. The fourth-order valence-electron chi connectivity index (χ4n) is 1.34. The van der Waals surface area contributed by atoms with Crippen molar-refractivity contribution in [3.05, 3.63) is 29.1 Å². The molecule has 84 valence electrons. The lowest BCUT2D eigenvalue weighted by Gasteiger charge is -2.07. The maximum Gasteiger partial charge on any atom is 0.236 e. The van der Waals surface area contributed by atoms with Crippen molar-refractivity contribution in [2.45, 2.75) is 12.7 Å². The minimum atomic E-state index is -3.67. The number of benzene rings is 1. The van der Waals surface area contributed by atoms with Gasteiger partial charge in [0.15, 0.2) is 11.6 Å². The maximum absolute atomic E-state index is 13.3. The highest BCUT2D eigenvalue weighted by Crippen LogP contribution is 2.24. The van der Waals surface area contributed by atoms with Crippen molar-refractivity contribution >= 4 is 19.7 Å². The quantitative estimate of drug-likeness (QED) is 0.775. The van der Waals surface area contributed by atoms with Crippen molar-refractivity contribution in [3.63, 3.8) is 0 Å². The van der Waals surface area contributed by atoms with Gasteiger partial charge in [-0.25, -0.2) is 12.8 Å². The molecule has 0 radical (unpaired) electrons. The SMILES string of the molecule is COc1c(C)cc(CS(=O)(=O)Cl)cc1F. The molecule has 0 atom stereocenters. The van der Waals surface area contributed by atoms with Crippen LogP contribution in [0, 0.1) is 12.7 Å². The third kappa shape index (κ3) is 3.35. The normalized spacial score (nSPS) is 11.5. The molecule has 0 spiro atoms. The molecule has 1 aromatic carbocycles. The first-order valence-corrected chi connectivity index (χ1v) is 6.56. The summed E-state index contributed by atoms with van der Waals surface area (Å²) in [6.07, 6.45) is 0. The Balaban J connectivity index is 3.15. The van der Waals surface area contributed by atoms with Gasteiger partial charge in [-0.2, -0.15) is 0 Å². The first-order valence-electron chi connectivity index (χ1n) is 4.09. The van der Waals surface area contributed by atoms with Gasteiger partial charge >= 0.3 is 0 Å². The van der Waals surface area contributed by atoms with Crippen LogP contribution in [0.2, 0.25) is 0 Å². The van der Waals surface area contributed by atoms with Crippen LogP contribution in [-0.2, 0) is 14.8 Å². The van der Waals surface area contributed by atoms with Crippen molar-refractivity contribution in [1.82, 2.24) is 0 Å². The lowest BCUT2D eigenvalue weighted by Crippen LogP contribution is -1.99. The molecule has 0 N–H and O–H groups in total. The van der Waals surface area contributed by atoms with Crippen molar-refractivity contribution in [3.8, 4) is 5.75 Å². The highest BCUT2D eigenvalue weighted by atomic mass is 35.7. The molecule has 0 aliphatic heterocycles. The predicted octanol–water partition coefficient (Wildman–Crippen LogP) is 2.21. The molecule has 0 amide bonds. The van der Waals surface area contributed by atoms with Gasteiger partial charge in [-0.3, -0.25) is 0 Å². The van der Waals surface area contributed by atoms with Crippen molar-refractivity contribution in [1.29, 1.82) is 0 Å². The van der Waals surface area contributed by atoms with Gasteiger partial charge in [0, 0.05) is 10.7 Å². The zero-order valence-corrected chi connectivity index (χ0v) is 9.82. The predicted molar refractivity (Wildman–Crippen MR) is 56.2 cm³/mol. The second-order valence-electron chi connectivity index (χ2n) is 3.11. The molecule has 15 heavy (non-hydrogen) atoms. The minimum Gasteiger partial charge on any atom is -0.493 e. The van der Waals surface area contributed by atoms with Gasteiger partial charge in [-0.15, -0.1) is 0 Å². The van der Waals surface area contributed by atoms with Gasteiger partial charge in [0.2, 0.25) is 9.05 Å². The fourth-order valence-corrected chi connectivity index (χ4v) is 2.29. The van der Waals surface area contributed by atoms with E-state index < -0.39 is 20.6 Å². The van der Waals surface area contributed by atoms with Gasteiger partial charge in [0.05, 0.1) is 12.9 Å². The number of methoxy groups -OCH3 is 1. The highest BCUT2D eigenvalue weighted by Gasteiger charge is 2.12. The Labute approximate surface area is 92.2 Å². The molecule has 1 aromatic rings. The topological polar surface area (TPSA) is 43.4 Å². The van der Waals surface area contributed by atoms with E-state index in [1.807, 2.05) is 0 Å². The smallest absolute Gasteiger partial charge is 0.236 e. The maximum atomic E-state index is 13.3. The molecule has 0 bridgehead atoms. The number of rotatable bonds is 3. The van der Waals surface area contributed by atoms with Gasteiger partial charge in [0.1, 0.15) is 0 Å². The largest absolute Gasteiger partial charge is 0.493 e. The highest BCUT2D eigenvalue weighted by molar-refractivity contribution is 8.13. The molecule has 0 aliphatic carbocycles. The summed E-state index contributed by atoms with van der Waals surface area (Å²) in [5, 5.41) is 0. The Morgan fingerprint density at radius 2 is 2.07 bits per heavy atom. The lowest BCUT2D eigenvalue weighted by atomic mass is 10.1. The van der Waals surface area contributed by atoms with Crippen molar-refractivity contribution in [2.24, 2.45) is 0 Å². The number of hydrogen-bond donors (Lipinski definition) is 0. The third-order valence-corrected chi connectivity index (χ3v) is 2.84. The molecule has 0 aliphatic rings. The minimum absolute atomic E-state index is 0.116. The molecular weight excluding hydrogens is 243 g/mol. The van der Waals surface area contributed by atoms with Crippen LogP contribution in [0.25, 0.3) is 0 Å². The van der Waals surface area contributed by atoms with Crippen LogP contribution in [0.5, 0.6) is 5.75 Å². The summed E-state index contributed by atoms with van der Waals surface area (Å²) in [5.74, 6) is -0.866. The number of aryl methyl sites for hydroxylation is 1. The van der Waals surface area contributed by atoms with Gasteiger partial charge in [-0.05, 0) is 24.1 Å². The summed E-state index contributed by atoms with van der Waals surface area (Å²) >= 11 is 0. The van der Waals surface area contributed by atoms with E-state index in [0.717, 1.165) is 6.07 Å². The van der Waals surface area contributed by atoms with E-state index in [4.69, 9.17) is 15.4 Å². The average molecular weight is 253 g/mol. The summed E-state index contributed by atoms with van der Waals surface area (Å²) in [6.45, 7) is 1.63. The molecule has 3 nitrogen and oxygen atoms in total. The van der Waals surface area contributed by atoms with Crippen LogP contribution in [0.4, 0.5) is 4.39 Å². The third-order valence-electron chi connectivity index (χ3n) is 1.83. The molecule has 0 aromatic heterocycles. The summed E-state index contributed by atoms with van der Waals surface area (Å²) in [4.78, 5) is 0. The zero-order valence-electron chi connectivity index (χ0n) is 8.25. The van der Waals surface area contributed by atoms with E-state index in [1.165, 1.54) is 13.2 Å². The number of halogens is 2. The Hall–Kier alpha value is -0.810. The van der Waals surface area contributed by atoms with E-state index in [1.54, 1.807) is 6.92 Å². The summed E-state index contributed by atoms with van der Waals surface area (Å²) in [6, 6.07) is 2.63. The number of ether oxygens (including phenoxy) is 1. The van der Waals surface area contributed by atoms with Crippen LogP contribution >= 0.6 is 10.7 Å². The van der Waals surface area contributed by atoms with Crippen LogP contribution < -0.4 is 4.74 Å². The molecule has 0 fully saturated rings. The Morgan fingerprint density at radius 1 is 1.47 bits per heavy atom. The van der Waals surface area contributed by atoms with E-state index in [2.05, 4.69) is 0 Å². The summed E-state index contributed by atoms with van der Waals surface area (Å²) < 4.78 is 39.7. The fraction of sp³-hybridized carbons (Fsp3) is 0.333. The Kier molecular flexibility index (Phi) is 3.57. The van der Waals surface area contributed by atoms with Crippen LogP contribution in [0.15, 0.2) is 12.1 Å². The molecule has 0 unspecified atom stereocenters. The van der Waals surface area contributed by atoms with Crippen LogP contribution in [0.1, 0.15) is 11.1 Å². The van der Waals surface area contributed by atoms with E-state index >= 15 is 0 Å². The summed E-state index contributed by atoms with van der Waals surface area (Å²) in [5.41, 5.74) is 0.841. The number of hydrogen-bond acceptors (Lipinski definition) is 3. The lowest BCUT2D eigenvalue weighted by molar-refractivity contribution is 0.383. The molecule has 0 heterocycles. The van der Waals surface area contributed by atoms with Gasteiger partial charge in [-0.1, -0.05) is 6.07 Å². The Bertz CT molecular complexity index is 447. The first kappa shape index (κ1) is 12.3. The second-order valence-corrected chi connectivity index (χ2v) is 5.89. The van der Waals surface area contributed by atoms with Crippen molar-refractivity contribution in [2.75, 3.05) is 7.11 Å². The molecule has 1 rings (SSSR count). The standard InChI is InChI=1S/C9H10ClFO3S/c1-6-3-7(5-15(10,12)13)4-8(11)9(6)14-2/h3-4H,5H2,1-2H3. The molecule has 0 saturated carbocycles. The Morgan fingerprint density at radius 3 is 2.47 bits per heavy atom. The molecule has 0 saturated heterocycles. The summed E-state index contributed by atoms with van der Waals surface area (Å²) in [7, 11) is 2.75. The monoisotopic (exact) mass is 252 g/mol. The van der Waals surface area contributed by atoms with E-state index in [-0.39, 0.29) is 5.75 Å². The van der Waals surface area contributed by atoms with Gasteiger partial charge in [0.25, 0.3) is 0 Å². The molecule has 6 heteroatoms. The zero-order chi connectivity index (χ0) is 11.6. The van der Waals surface area contributed by atoms with E-state index in [9.17, 15) is 12.8 Å². The van der Waals surface area contributed by atoms with Crippen LogP contribution in [0.3, 0.4) is 0 Å². The van der Waals surface area contributed by atoms with Crippen molar-refractivity contribution < 1.29 is 17.5 Å². The second kappa shape index (κ2) is 4.37. The average Bonchev–Trinajstić information content (AvgIpc) is 1.99. The van der Waals surface area contributed by atoms with Gasteiger partial charge < -0.3 is 4.74 Å².